The quantitative estimate of drug-likeness (QED) is 0.600. The highest BCUT2D eigenvalue weighted by Gasteiger charge is 2.20. The Morgan fingerprint density at radius 1 is 1.55 bits per heavy atom. The first-order chi connectivity index (χ1) is 9.47. The molecule has 1 heterocycles. The Bertz CT molecular complexity index is 428. The molecule has 0 saturated carbocycles. The first-order valence-corrected chi connectivity index (χ1v) is 6.17. The lowest BCUT2D eigenvalue weighted by Crippen LogP contribution is -2.47. The van der Waals surface area contributed by atoms with Crippen LogP contribution in [0.2, 0.25) is 0 Å². The Kier molecular flexibility index (Phi) is 6.32. The van der Waals surface area contributed by atoms with E-state index in [1.54, 1.807) is 0 Å². The number of halogens is 2. The minimum absolute atomic E-state index is 0.0514. The van der Waals surface area contributed by atoms with Gasteiger partial charge in [-0.3, -0.25) is 5.32 Å². The van der Waals surface area contributed by atoms with Crippen molar-refractivity contribution >= 4 is 11.8 Å². The Morgan fingerprint density at radius 3 is 2.75 bits per heavy atom. The van der Waals surface area contributed by atoms with E-state index in [0.717, 1.165) is 6.20 Å². The summed E-state index contributed by atoms with van der Waals surface area (Å²) >= 11 is 0. The van der Waals surface area contributed by atoms with Gasteiger partial charge in [0.15, 0.2) is 5.82 Å². The highest BCUT2D eigenvalue weighted by molar-refractivity contribution is 5.88. The molecule has 2 unspecified atom stereocenters. The monoisotopic (exact) mass is 292 g/mol. The fourth-order valence-corrected chi connectivity index (χ4v) is 1.59. The number of hydrogen-bond donors (Lipinski definition) is 4. The van der Waals surface area contributed by atoms with Crippen molar-refractivity contribution in [2.45, 2.75) is 38.5 Å². The second-order valence-corrected chi connectivity index (χ2v) is 4.20. The van der Waals surface area contributed by atoms with Crippen molar-refractivity contribution < 1.29 is 23.8 Å². The molecule has 2 amide bonds. The average molecular weight is 292 g/mol. The van der Waals surface area contributed by atoms with E-state index in [1.807, 2.05) is 6.92 Å². The molecule has 114 valence electrons. The molecule has 0 saturated heterocycles. The van der Waals surface area contributed by atoms with Gasteiger partial charge in [-0.2, -0.15) is 13.9 Å². The van der Waals surface area contributed by atoms with Gasteiger partial charge in [0.25, 0.3) is 0 Å². The third-order valence-electron chi connectivity index (χ3n) is 2.61. The zero-order valence-electron chi connectivity index (χ0n) is 11.0. The van der Waals surface area contributed by atoms with Crippen molar-refractivity contribution in [3.05, 3.63) is 12.3 Å². The van der Waals surface area contributed by atoms with Crippen LogP contribution in [-0.2, 0) is 0 Å². The van der Waals surface area contributed by atoms with Gasteiger partial charge >= 0.3 is 12.6 Å². The first kappa shape index (κ1) is 16.3. The fraction of sp³-hybridized carbons (Fsp3) is 0.636. The highest BCUT2D eigenvalue weighted by Crippen LogP contribution is 2.11. The lowest BCUT2D eigenvalue weighted by molar-refractivity contribution is 0.0569. The number of aliphatic hydroxyl groups is 2. The van der Waals surface area contributed by atoms with E-state index in [-0.39, 0.29) is 5.82 Å². The number of aliphatic hydroxyl groups excluding tert-OH is 2. The zero-order chi connectivity index (χ0) is 15.1. The summed E-state index contributed by atoms with van der Waals surface area (Å²) in [4.78, 5) is 11.6. The van der Waals surface area contributed by atoms with E-state index >= 15 is 0 Å². The molecule has 1 rings (SSSR count). The van der Waals surface area contributed by atoms with E-state index < -0.39 is 31.3 Å². The molecular weight excluding hydrogens is 274 g/mol. The molecule has 7 nitrogen and oxygen atoms in total. The molecular formula is C11H18F2N4O3. The summed E-state index contributed by atoms with van der Waals surface area (Å²) in [6.45, 7) is -1.36. The van der Waals surface area contributed by atoms with E-state index in [4.69, 9.17) is 5.11 Å². The summed E-state index contributed by atoms with van der Waals surface area (Å²) in [5.41, 5.74) is 0. The number of alkyl halides is 2. The van der Waals surface area contributed by atoms with Gasteiger partial charge in [-0.1, -0.05) is 13.3 Å². The van der Waals surface area contributed by atoms with Crippen molar-refractivity contribution in [1.82, 2.24) is 15.1 Å². The van der Waals surface area contributed by atoms with Gasteiger partial charge in [-0.15, -0.1) is 0 Å². The van der Waals surface area contributed by atoms with Gasteiger partial charge in [0.05, 0.1) is 18.8 Å². The SMILES string of the molecule is CCCC(O)C(CO)NC(=O)Nc1ccn(C(F)F)n1. The molecule has 20 heavy (non-hydrogen) atoms. The molecule has 0 bridgehead atoms. The number of anilines is 1. The fourth-order valence-electron chi connectivity index (χ4n) is 1.59. The molecule has 0 aromatic carbocycles. The van der Waals surface area contributed by atoms with Crippen LogP contribution >= 0.6 is 0 Å². The molecule has 1 aromatic rings. The molecule has 0 aliphatic heterocycles. The molecule has 0 aliphatic carbocycles. The topological polar surface area (TPSA) is 99.4 Å². The molecule has 0 radical (unpaired) electrons. The maximum absolute atomic E-state index is 12.3. The Morgan fingerprint density at radius 2 is 2.25 bits per heavy atom. The number of nitrogens with one attached hydrogen (secondary N) is 2. The van der Waals surface area contributed by atoms with E-state index in [2.05, 4.69) is 15.7 Å². The summed E-state index contributed by atoms with van der Waals surface area (Å²) in [5.74, 6) is -0.0514. The van der Waals surface area contributed by atoms with Gasteiger partial charge in [-0.05, 0) is 6.42 Å². The minimum atomic E-state index is -2.79. The third-order valence-corrected chi connectivity index (χ3v) is 2.61. The molecule has 2 atom stereocenters. The summed E-state index contributed by atoms with van der Waals surface area (Å²) < 4.78 is 25.0. The van der Waals surface area contributed by atoms with Crippen LogP contribution in [0.5, 0.6) is 0 Å². The van der Waals surface area contributed by atoms with Crippen molar-refractivity contribution in [1.29, 1.82) is 0 Å². The van der Waals surface area contributed by atoms with Crippen LogP contribution in [0.4, 0.5) is 19.4 Å². The second-order valence-electron chi connectivity index (χ2n) is 4.20. The molecule has 0 aliphatic rings. The molecule has 0 spiro atoms. The molecule has 1 aromatic heterocycles. The molecule has 0 fully saturated rings. The number of urea groups is 1. The number of aromatic nitrogens is 2. The van der Waals surface area contributed by atoms with Gasteiger partial charge in [0, 0.05) is 12.3 Å². The van der Waals surface area contributed by atoms with Gasteiger partial charge in [0.1, 0.15) is 0 Å². The van der Waals surface area contributed by atoms with E-state index in [0.29, 0.717) is 17.5 Å². The van der Waals surface area contributed by atoms with Crippen LogP contribution in [0.3, 0.4) is 0 Å². The molecule has 4 N–H and O–H groups in total. The molecule has 9 heteroatoms. The first-order valence-electron chi connectivity index (χ1n) is 6.17. The maximum Gasteiger partial charge on any atom is 0.333 e. The minimum Gasteiger partial charge on any atom is -0.394 e. The van der Waals surface area contributed by atoms with Gasteiger partial charge in [-0.25, -0.2) is 9.48 Å². The third kappa shape index (κ3) is 4.74. The Balaban J connectivity index is 2.52. The lowest BCUT2D eigenvalue weighted by Gasteiger charge is -2.21. The number of carbonyl (C=O) groups is 1. The predicted octanol–water partition coefficient (Wildman–Crippen LogP) is 0.922. The van der Waals surface area contributed by atoms with E-state index in [9.17, 15) is 18.7 Å². The largest absolute Gasteiger partial charge is 0.394 e. The normalized spacial score (nSPS) is 14.1. The number of hydrogen-bond acceptors (Lipinski definition) is 4. The summed E-state index contributed by atoms with van der Waals surface area (Å²) in [6.07, 6.45) is 1.26. The van der Waals surface area contributed by atoms with Crippen LogP contribution in [0.15, 0.2) is 12.3 Å². The van der Waals surface area contributed by atoms with Gasteiger partial charge < -0.3 is 15.5 Å². The van der Waals surface area contributed by atoms with Crippen LogP contribution in [-0.4, -0.2) is 44.8 Å². The van der Waals surface area contributed by atoms with Crippen LogP contribution in [0.1, 0.15) is 26.3 Å². The van der Waals surface area contributed by atoms with Gasteiger partial charge in [0.2, 0.25) is 0 Å². The number of amides is 2. The van der Waals surface area contributed by atoms with Crippen LogP contribution in [0.25, 0.3) is 0 Å². The summed E-state index contributed by atoms with van der Waals surface area (Å²) in [5, 5.41) is 26.8. The number of nitrogens with zero attached hydrogens (tertiary/aromatic N) is 2. The lowest BCUT2D eigenvalue weighted by atomic mass is 10.1. The van der Waals surface area contributed by atoms with E-state index in [1.165, 1.54) is 6.07 Å². The predicted molar refractivity (Wildman–Crippen MR) is 67.4 cm³/mol. The Labute approximate surface area is 114 Å². The van der Waals surface area contributed by atoms with Crippen molar-refractivity contribution in [3.63, 3.8) is 0 Å². The standard InChI is InChI=1S/C11H18F2N4O3/c1-2-3-8(19)7(6-18)14-11(20)15-9-4-5-17(16-9)10(12)13/h4-5,7-8,10,18-19H,2-3,6H2,1H3,(H2,14,15,16,20). The summed E-state index contributed by atoms with van der Waals surface area (Å²) in [6, 6.07) is -0.354. The highest BCUT2D eigenvalue weighted by atomic mass is 19.3. The number of rotatable bonds is 7. The smallest absolute Gasteiger partial charge is 0.333 e. The average Bonchev–Trinajstić information content (AvgIpc) is 2.84. The maximum atomic E-state index is 12.3. The van der Waals surface area contributed by atoms with Crippen LogP contribution in [0, 0.1) is 0 Å². The summed E-state index contributed by atoms with van der Waals surface area (Å²) in [7, 11) is 0. The second kappa shape index (κ2) is 7.75. The Hall–Kier alpha value is -1.74. The zero-order valence-corrected chi connectivity index (χ0v) is 11.0. The van der Waals surface area contributed by atoms with Crippen molar-refractivity contribution in [3.8, 4) is 0 Å². The van der Waals surface area contributed by atoms with Crippen LogP contribution < -0.4 is 10.6 Å². The number of carbonyl (C=O) groups excluding carboxylic acids is 1. The van der Waals surface area contributed by atoms with Crippen molar-refractivity contribution in [2.24, 2.45) is 0 Å². The van der Waals surface area contributed by atoms with Crippen molar-refractivity contribution in [2.75, 3.05) is 11.9 Å².